The Morgan fingerprint density at radius 1 is 1.16 bits per heavy atom. The molecule has 128 valence electrons. The predicted octanol–water partition coefficient (Wildman–Crippen LogP) is 2.01. The number of carbonyl (C=O) groups excluding carboxylic acids is 1. The third-order valence-corrected chi connectivity index (χ3v) is 4.36. The SMILES string of the molecule is O=C(NCc1nnc2ccccn12)N1CCOC[C@H]1c1ccccc1. The van der Waals surface area contributed by atoms with Gasteiger partial charge in [0, 0.05) is 12.7 Å². The summed E-state index contributed by atoms with van der Waals surface area (Å²) in [6, 6.07) is 15.5. The number of aromatic nitrogens is 3. The van der Waals surface area contributed by atoms with Gasteiger partial charge in [0.25, 0.3) is 0 Å². The zero-order valence-electron chi connectivity index (χ0n) is 13.7. The van der Waals surface area contributed by atoms with E-state index >= 15 is 0 Å². The van der Waals surface area contributed by atoms with Gasteiger partial charge >= 0.3 is 6.03 Å². The summed E-state index contributed by atoms with van der Waals surface area (Å²) in [6.07, 6.45) is 1.89. The number of nitrogens with one attached hydrogen (secondary N) is 1. The van der Waals surface area contributed by atoms with Crippen LogP contribution in [-0.4, -0.2) is 45.3 Å². The van der Waals surface area contributed by atoms with Gasteiger partial charge in [0.15, 0.2) is 11.5 Å². The molecule has 0 unspecified atom stereocenters. The number of benzene rings is 1. The summed E-state index contributed by atoms with van der Waals surface area (Å²) in [5, 5.41) is 11.2. The van der Waals surface area contributed by atoms with Crippen LogP contribution in [0.15, 0.2) is 54.7 Å². The molecule has 1 N–H and O–H groups in total. The van der Waals surface area contributed by atoms with Crippen LogP contribution in [0, 0.1) is 0 Å². The lowest BCUT2D eigenvalue weighted by atomic mass is 10.1. The standard InChI is InChI=1S/C18H19N5O2/c24-18(19-12-17-21-20-16-8-4-5-9-23(16)17)22-10-11-25-13-15(22)14-6-2-1-3-7-14/h1-9,15H,10-13H2,(H,19,24)/t15-/m0/s1. The second-order valence-electron chi connectivity index (χ2n) is 5.90. The molecule has 25 heavy (non-hydrogen) atoms. The molecule has 0 saturated carbocycles. The van der Waals surface area contributed by atoms with Crippen molar-refractivity contribution >= 4 is 11.7 Å². The van der Waals surface area contributed by atoms with E-state index in [1.54, 1.807) is 0 Å². The highest BCUT2D eigenvalue weighted by atomic mass is 16.5. The number of fused-ring (bicyclic) bond motifs is 1. The maximum Gasteiger partial charge on any atom is 0.318 e. The normalized spacial score (nSPS) is 17.6. The zero-order valence-corrected chi connectivity index (χ0v) is 13.7. The fourth-order valence-electron chi connectivity index (χ4n) is 3.07. The first-order valence-electron chi connectivity index (χ1n) is 8.29. The average Bonchev–Trinajstić information content (AvgIpc) is 3.10. The Kier molecular flexibility index (Phi) is 4.30. The fraction of sp³-hybridized carbons (Fsp3) is 0.278. The van der Waals surface area contributed by atoms with E-state index in [4.69, 9.17) is 4.74 Å². The molecule has 1 fully saturated rings. The van der Waals surface area contributed by atoms with Gasteiger partial charge in [-0.1, -0.05) is 36.4 Å². The van der Waals surface area contributed by atoms with E-state index in [9.17, 15) is 4.79 Å². The number of hydrogen-bond acceptors (Lipinski definition) is 4. The topological polar surface area (TPSA) is 71.8 Å². The second kappa shape index (κ2) is 6.90. The van der Waals surface area contributed by atoms with E-state index in [1.807, 2.05) is 64.0 Å². The van der Waals surface area contributed by atoms with Gasteiger partial charge < -0.3 is 15.0 Å². The first kappa shape index (κ1) is 15.6. The number of ether oxygens (including phenoxy) is 1. The monoisotopic (exact) mass is 337 g/mol. The van der Waals surface area contributed by atoms with E-state index in [2.05, 4.69) is 15.5 Å². The number of amides is 2. The number of urea groups is 1. The van der Waals surface area contributed by atoms with Gasteiger partial charge in [-0.05, 0) is 17.7 Å². The average molecular weight is 337 g/mol. The largest absolute Gasteiger partial charge is 0.377 e. The number of pyridine rings is 1. The van der Waals surface area contributed by atoms with Crippen LogP contribution in [0.1, 0.15) is 17.4 Å². The molecular weight excluding hydrogens is 318 g/mol. The van der Waals surface area contributed by atoms with E-state index in [-0.39, 0.29) is 12.1 Å². The van der Waals surface area contributed by atoms with Crippen molar-refractivity contribution in [3.8, 4) is 0 Å². The van der Waals surface area contributed by atoms with E-state index in [0.29, 0.717) is 32.1 Å². The van der Waals surface area contributed by atoms with Crippen molar-refractivity contribution in [2.24, 2.45) is 0 Å². The van der Waals surface area contributed by atoms with Crippen LogP contribution in [0.2, 0.25) is 0 Å². The lowest BCUT2D eigenvalue weighted by Gasteiger charge is -2.35. The predicted molar refractivity (Wildman–Crippen MR) is 91.9 cm³/mol. The molecular formula is C18H19N5O2. The van der Waals surface area contributed by atoms with Gasteiger partial charge in [-0.2, -0.15) is 0 Å². The summed E-state index contributed by atoms with van der Waals surface area (Å²) in [7, 11) is 0. The fourth-order valence-corrected chi connectivity index (χ4v) is 3.07. The van der Waals surface area contributed by atoms with Gasteiger partial charge in [-0.25, -0.2) is 4.79 Å². The molecule has 0 bridgehead atoms. The minimum Gasteiger partial charge on any atom is -0.377 e. The highest BCUT2D eigenvalue weighted by molar-refractivity contribution is 5.74. The Hall–Kier alpha value is -2.93. The summed E-state index contributed by atoms with van der Waals surface area (Å²) in [5.41, 5.74) is 1.84. The molecule has 0 aliphatic carbocycles. The minimum atomic E-state index is -0.121. The van der Waals surface area contributed by atoms with E-state index in [0.717, 1.165) is 11.2 Å². The van der Waals surface area contributed by atoms with Crippen LogP contribution in [-0.2, 0) is 11.3 Å². The highest BCUT2D eigenvalue weighted by Gasteiger charge is 2.28. The quantitative estimate of drug-likeness (QED) is 0.794. The third kappa shape index (κ3) is 3.18. The molecule has 1 saturated heterocycles. The van der Waals surface area contributed by atoms with Crippen molar-refractivity contribution in [3.05, 3.63) is 66.1 Å². The molecule has 3 aromatic rings. The molecule has 3 heterocycles. The van der Waals surface area contributed by atoms with Gasteiger partial charge in [0.05, 0.1) is 25.8 Å². The van der Waals surface area contributed by atoms with Crippen LogP contribution in [0.3, 0.4) is 0 Å². The Bertz CT molecular complexity index is 864. The Balaban J connectivity index is 1.47. The first-order valence-corrected chi connectivity index (χ1v) is 8.29. The Labute approximate surface area is 145 Å². The van der Waals surface area contributed by atoms with Crippen molar-refractivity contribution in [2.75, 3.05) is 19.8 Å². The molecule has 2 aromatic heterocycles. The summed E-state index contributed by atoms with van der Waals surface area (Å²) in [4.78, 5) is 14.5. The van der Waals surface area contributed by atoms with Crippen LogP contribution < -0.4 is 5.32 Å². The van der Waals surface area contributed by atoms with Crippen LogP contribution in [0.4, 0.5) is 4.79 Å². The van der Waals surface area contributed by atoms with Gasteiger partial charge in [0.2, 0.25) is 0 Å². The Morgan fingerprint density at radius 2 is 2.00 bits per heavy atom. The molecule has 4 rings (SSSR count). The smallest absolute Gasteiger partial charge is 0.318 e. The molecule has 1 aromatic carbocycles. The lowest BCUT2D eigenvalue weighted by molar-refractivity contribution is 0.0115. The molecule has 1 aliphatic heterocycles. The molecule has 7 nitrogen and oxygen atoms in total. The Morgan fingerprint density at radius 3 is 2.88 bits per heavy atom. The zero-order chi connectivity index (χ0) is 17.1. The number of carbonyl (C=O) groups is 1. The van der Waals surface area contributed by atoms with E-state index < -0.39 is 0 Å². The van der Waals surface area contributed by atoms with Crippen molar-refractivity contribution in [2.45, 2.75) is 12.6 Å². The number of rotatable bonds is 3. The summed E-state index contributed by atoms with van der Waals surface area (Å²) >= 11 is 0. The third-order valence-electron chi connectivity index (χ3n) is 4.36. The highest BCUT2D eigenvalue weighted by Crippen LogP contribution is 2.23. The van der Waals surface area contributed by atoms with Crippen molar-refractivity contribution < 1.29 is 9.53 Å². The summed E-state index contributed by atoms with van der Waals surface area (Å²) < 4.78 is 7.45. The van der Waals surface area contributed by atoms with Gasteiger partial charge in [-0.15, -0.1) is 10.2 Å². The van der Waals surface area contributed by atoms with Crippen LogP contribution >= 0.6 is 0 Å². The first-order chi connectivity index (χ1) is 12.3. The maximum absolute atomic E-state index is 12.7. The number of nitrogens with zero attached hydrogens (tertiary/aromatic N) is 4. The lowest BCUT2D eigenvalue weighted by Crippen LogP contribution is -2.48. The second-order valence-corrected chi connectivity index (χ2v) is 5.90. The van der Waals surface area contributed by atoms with Crippen LogP contribution in [0.5, 0.6) is 0 Å². The molecule has 1 aliphatic rings. The van der Waals surface area contributed by atoms with Gasteiger partial charge in [-0.3, -0.25) is 4.40 Å². The summed E-state index contributed by atoms with van der Waals surface area (Å²) in [5.74, 6) is 0.702. The number of morpholine rings is 1. The summed E-state index contributed by atoms with van der Waals surface area (Å²) in [6.45, 7) is 1.94. The van der Waals surface area contributed by atoms with Crippen LogP contribution in [0.25, 0.3) is 5.65 Å². The van der Waals surface area contributed by atoms with Crippen molar-refractivity contribution in [3.63, 3.8) is 0 Å². The minimum absolute atomic E-state index is 0.0786. The molecule has 1 atom stereocenters. The molecule has 0 radical (unpaired) electrons. The number of hydrogen-bond donors (Lipinski definition) is 1. The van der Waals surface area contributed by atoms with E-state index in [1.165, 1.54) is 0 Å². The maximum atomic E-state index is 12.7. The molecule has 0 spiro atoms. The molecule has 2 amide bonds. The molecule has 7 heteroatoms. The van der Waals surface area contributed by atoms with Gasteiger partial charge in [0.1, 0.15) is 0 Å². The van der Waals surface area contributed by atoms with Crippen molar-refractivity contribution in [1.29, 1.82) is 0 Å². The van der Waals surface area contributed by atoms with Crippen molar-refractivity contribution in [1.82, 2.24) is 24.8 Å².